The van der Waals surface area contributed by atoms with Crippen LogP contribution in [0.3, 0.4) is 0 Å². The highest BCUT2D eigenvalue weighted by Gasteiger charge is 2.14. The van der Waals surface area contributed by atoms with Gasteiger partial charge in [-0.2, -0.15) is 0 Å². The molecule has 4 nitrogen and oxygen atoms in total. The number of aromatic nitrogens is 2. The van der Waals surface area contributed by atoms with Gasteiger partial charge in [-0.15, -0.1) is 0 Å². The predicted octanol–water partition coefficient (Wildman–Crippen LogP) is 3.29. The molecule has 1 amide bonds. The molecule has 0 aliphatic rings. The Hall–Kier alpha value is -2.69. The van der Waals surface area contributed by atoms with Crippen LogP contribution in [0.25, 0.3) is 10.9 Å². The van der Waals surface area contributed by atoms with Crippen LogP contribution in [0.4, 0.5) is 4.39 Å². The van der Waals surface area contributed by atoms with Gasteiger partial charge in [0.05, 0.1) is 5.52 Å². The van der Waals surface area contributed by atoms with E-state index in [2.05, 4.69) is 15.3 Å². The number of rotatable bonds is 4. The van der Waals surface area contributed by atoms with E-state index in [-0.39, 0.29) is 11.7 Å². The summed E-state index contributed by atoms with van der Waals surface area (Å²) in [5.41, 5.74) is 4.13. The van der Waals surface area contributed by atoms with Gasteiger partial charge in [0.1, 0.15) is 5.82 Å². The number of nitrogens with one attached hydrogen (secondary N) is 2. The molecule has 118 valence electrons. The molecule has 0 fully saturated rings. The van der Waals surface area contributed by atoms with Crippen molar-refractivity contribution in [2.45, 2.75) is 20.3 Å². The topological polar surface area (TPSA) is 57.8 Å². The molecular weight excluding hydrogens is 293 g/mol. The molecule has 2 aromatic heterocycles. The Balaban J connectivity index is 1.76. The average Bonchev–Trinajstić information content (AvgIpc) is 2.90. The number of halogens is 1. The van der Waals surface area contributed by atoms with E-state index < -0.39 is 0 Å². The molecule has 0 aliphatic carbocycles. The van der Waals surface area contributed by atoms with Gasteiger partial charge in [-0.1, -0.05) is 6.07 Å². The van der Waals surface area contributed by atoms with Crippen LogP contribution in [0.5, 0.6) is 0 Å². The minimum absolute atomic E-state index is 0.132. The van der Waals surface area contributed by atoms with Gasteiger partial charge >= 0.3 is 0 Å². The smallest absolute Gasteiger partial charge is 0.251 e. The second kappa shape index (κ2) is 6.20. The van der Waals surface area contributed by atoms with Crippen molar-refractivity contribution in [3.63, 3.8) is 0 Å². The van der Waals surface area contributed by atoms with E-state index in [9.17, 15) is 9.18 Å². The lowest BCUT2D eigenvalue weighted by Gasteiger charge is -2.07. The van der Waals surface area contributed by atoms with Crippen molar-refractivity contribution in [2.75, 3.05) is 6.54 Å². The normalized spacial score (nSPS) is 10.9. The molecule has 0 bridgehead atoms. The van der Waals surface area contributed by atoms with Gasteiger partial charge in [0, 0.05) is 35.6 Å². The molecule has 3 rings (SSSR count). The molecule has 2 heterocycles. The molecule has 0 saturated carbocycles. The quantitative estimate of drug-likeness (QED) is 0.777. The maximum atomic E-state index is 13.9. The van der Waals surface area contributed by atoms with Crippen LogP contribution in [0, 0.1) is 19.7 Å². The Morgan fingerprint density at radius 2 is 1.96 bits per heavy atom. The first-order chi connectivity index (χ1) is 11.1. The van der Waals surface area contributed by atoms with E-state index in [1.165, 1.54) is 6.07 Å². The number of carbonyl (C=O) groups excluding carboxylic acids is 1. The Bertz CT molecular complexity index is 856. The van der Waals surface area contributed by atoms with Gasteiger partial charge < -0.3 is 10.3 Å². The zero-order valence-electron chi connectivity index (χ0n) is 13.1. The number of carbonyl (C=O) groups is 1. The summed E-state index contributed by atoms with van der Waals surface area (Å²) in [6, 6.07) is 6.60. The Labute approximate surface area is 133 Å². The number of nitrogens with zero attached hydrogens (tertiary/aromatic N) is 1. The van der Waals surface area contributed by atoms with Crippen molar-refractivity contribution in [2.24, 2.45) is 0 Å². The van der Waals surface area contributed by atoms with Crippen LogP contribution in [0.2, 0.25) is 0 Å². The maximum Gasteiger partial charge on any atom is 0.251 e. The largest absolute Gasteiger partial charge is 0.356 e. The molecule has 23 heavy (non-hydrogen) atoms. The fourth-order valence-corrected chi connectivity index (χ4v) is 2.86. The summed E-state index contributed by atoms with van der Waals surface area (Å²) in [6.45, 7) is 4.39. The minimum Gasteiger partial charge on any atom is -0.356 e. The molecule has 3 aromatic rings. The molecule has 0 atom stereocenters. The van der Waals surface area contributed by atoms with E-state index in [1.54, 1.807) is 30.6 Å². The van der Waals surface area contributed by atoms with Crippen molar-refractivity contribution in [3.05, 3.63) is 64.9 Å². The molecule has 5 heteroatoms. The zero-order chi connectivity index (χ0) is 16.4. The van der Waals surface area contributed by atoms with Gasteiger partial charge in [-0.25, -0.2) is 4.39 Å². The van der Waals surface area contributed by atoms with Crippen LogP contribution in [-0.4, -0.2) is 22.4 Å². The maximum absolute atomic E-state index is 13.9. The van der Waals surface area contributed by atoms with Crippen molar-refractivity contribution < 1.29 is 9.18 Å². The number of aromatic amines is 1. The first-order valence-corrected chi connectivity index (χ1v) is 7.52. The number of hydrogen-bond donors (Lipinski definition) is 2. The number of pyridine rings is 1. The van der Waals surface area contributed by atoms with E-state index in [0.717, 1.165) is 22.2 Å². The summed E-state index contributed by atoms with van der Waals surface area (Å²) in [5.74, 6) is -0.381. The van der Waals surface area contributed by atoms with Gasteiger partial charge in [-0.05, 0) is 49.6 Å². The second-order valence-electron chi connectivity index (χ2n) is 5.58. The Morgan fingerprint density at radius 1 is 1.22 bits per heavy atom. The summed E-state index contributed by atoms with van der Waals surface area (Å²) in [4.78, 5) is 19.0. The number of benzene rings is 1. The average molecular weight is 311 g/mol. The third-order valence-electron chi connectivity index (χ3n) is 4.03. The number of H-pyrrole nitrogens is 1. The molecule has 0 aliphatic heterocycles. The highest BCUT2D eigenvalue weighted by Crippen LogP contribution is 2.27. The lowest BCUT2D eigenvalue weighted by molar-refractivity contribution is 0.0954. The number of hydrogen-bond acceptors (Lipinski definition) is 2. The van der Waals surface area contributed by atoms with Gasteiger partial charge in [0.25, 0.3) is 5.91 Å². The van der Waals surface area contributed by atoms with E-state index >= 15 is 0 Å². The Kier molecular flexibility index (Phi) is 4.10. The van der Waals surface area contributed by atoms with Crippen LogP contribution < -0.4 is 5.32 Å². The monoisotopic (exact) mass is 311 g/mol. The van der Waals surface area contributed by atoms with Crippen molar-refractivity contribution in [3.8, 4) is 0 Å². The first-order valence-electron chi connectivity index (χ1n) is 7.52. The molecular formula is C18H18FN3O. The van der Waals surface area contributed by atoms with Crippen LogP contribution in [0.15, 0.2) is 36.7 Å². The van der Waals surface area contributed by atoms with Gasteiger partial charge in [0.2, 0.25) is 0 Å². The van der Waals surface area contributed by atoms with Gasteiger partial charge in [0.15, 0.2) is 0 Å². The van der Waals surface area contributed by atoms with E-state index in [0.29, 0.717) is 24.0 Å². The van der Waals surface area contributed by atoms with Crippen LogP contribution >= 0.6 is 0 Å². The fourth-order valence-electron chi connectivity index (χ4n) is 2.86. The lowest BCUT2D eigenvalue weighted by atomic mass is 10.0. The first kappa shape index (κ1) is 15.2. The highest BCUT2D eigenvalue weighted by molar-refractivity contribution is 5.94. The number of amides is 1. The molecule has 0 spiro atoms. The standard InChI is InChI=1S/C18H18FN3O/c1-11-3-4-15(19)17-16(11)14(12(2)22-17)7-10-21-18(23)13-5-8-20-9-6-13/h3-6,8-9,22H,7,10H2,1-2H3,(H,21,23). The number of fused-ring (bicyclic) bond motifs is 1. The third-order valence-corrected chi connectivity index (χ3v) is 4.03. The van der Waals surface area contributed by atoms with Crippen molar-refractivity contribution in [1.82, 2.24) is 15.3 Å². The third kappa shape index (κ3) is 2.95. The molecule has 0 unspecified atom stereocenters. The predicted molar refractivity (Wildman–Crippen MR) is 88.0 cm³/mol. The van der Waals surface area contributed by atoms with E-state index in [4.69, 9.17) is 0 Å². The lowest BCUT2D eigenvalue weighted by Crippen LogP contribution is -2.25. The van der Waals surface area contributed by atoms with Crippen LogP contribution in [0.1, 0.15) is 27.2 Å². The molecule has 2 N–H and O–H groups in total. The van der Waals surface area contributed by atoms with Crippen molar-refractivity contribution >= 4 is 16.8 Å². The van der Waals surface area contributed by atoms with Gasteiger partial charge in [-0.3, -0.25) is 9.78 Å². The number of aryl methyl sites for hydroxylation is 2. The SMILES string of the molecule is Cc1[nH]c2c(F)ccc(C)c2c1CCNC(=O)c1ccncc1. The molecule has 1 aromatic carbocycles. The Morgan fingerprint density at radius 3 is 2.70 bits per heavy atom. The highest BCUT2D eigenvalue weighted by atomic mass is 19.1. The summed E-state index contributed by atoms with van der Waals surface area (Å²) < 4.78 is 13.9. The summed E-state index contributed by atoms with van der Waals surface area (Å²) >= 11 is 0. The van der Waals surface area contributed by atoms with Crippen LogP contribution in [-0.2, 0) is 6.42 Å². The summed E-state index contributed by atoms with van der Waals surface area (Å²) in [6.07, 6.45) is 3.82. The summed E-state index contributed by atoms with van der Waals surface area (Å²) in [5, 5.41) is 3.81. The van der Waals surface area contributed by atoms with Crippen molar-refractivity contribution in [1.29, 1.82) is 0 Å². The second-order valence-corrected chi connectivity index (χ2v) is 5.58. The van der Waals surface area contributed by atoms with E-state index in [1.807, 2.05) is 13.8 Å². The zero-order valence-corrected chi connectivity index (χ0v) is 13.1. The molecule has 0 saturated heterocycles. The fraction of sp³-hybridized carbons (Fsp3) is 0.222. The molecule has 0 radical (unpaired) electrons. The minimum atomic E-state index is -0.249. The summed E-state index contributed by atoms with van der Waals surface area (Å²) in [7, 11) is 0.